The van der Waals surface area contributed by atoms with Crippen LogP contribution >= 0.6 is 0 Å². The van der Waals surface area contributed by atoms with E-state index in [1.54, 1.807) is 6.33 Å². The largest absolute Gasteiger partial charge is 0.489 e. The van der Waals surface area contributed by atoms with Crippen molar-refractivity contribution in [1.82, 2.24) is 24.8 Å². The first-order valence-corrected chi connectivity index (χ1v) is 12.6. The molecule has 3 heterocycles. The minimum Gasteiger partial charge on any atom is -0.489 e. The molecule has 1 aliphatic heterocycles. The van der Waals surface area contributed by atoms with Crippen LogP contribution in [0.3, 0.4) is 0 Å². The number of ether oxygens (including phenoxy) is 1. The fourth-order valence-electron chi connectivity index (χ4n) is 5.44. The van der Waals surface area contributed by atoms with Crippen molar-refractivity contribution in [2.45, 2.75) is 25.5 Å². The van der Waals surface area contributed by atoms with Crippen LogP contribution in [0.5, 0.6) is 5.75 Å². The Labute approximate surface area is 205 Å². The smallest absolute Gasteiger partial charge is 0.146 e. The molecule has 2 aromatic heterocycles. The molecule has 1 aliphatic carbocycles. The number of aromatic nitrogens is 3. The Morgan fingerprint density at radius 2 is 1.83 bits per heavy atom. The van der Waals surface area contributed by atoms with Crippen molar-refractivity contribution in [2.24, 2.45) is 5.92 Å². The maximum absolute atomic E-state index is 6.38. The molecule has 3 N–H and O–H groups in total. The second-order valence-electron chi connectivity index (χ2n) is 9.75. The van der Waals surface area contributed by atoms with Crippen molar-refractivity contribution in [3.8, 4) is 16.9 Å². The van der Waals surface area contributed by atoms with E-state index in [1.807, 2.05) is 30.3 Å². The third-order valence-corrected chi connectivity index (χ3v) is 7.36. The molecule has 0 bridgehead atoms. The van der Waals surface area contributed by atoms with E-state index in [-0.39, 0.29) is 0 Å². The van der Waals surface area contributed by atoms with Crippen LogP contribution in [-0.4, -0.2) is 52.2 Å². The van der Waals surface area contributed by atoms with E-state index < -0.39 is 0 Å². The van der Waals surface area contributed by atoms with Gasteiger partial charge >= 0.3 is 0 Å². The molecule has 6 rings (SSSR count). The van der Waals surface area contributed by atoms with E-state index in [0.717, 1.165) is 65.6 Å². The van der Waals surface area contributed by atoms with Crippen LogP contribution in [0.1, 0.15) is 24.4 Å². The third kappa shape index (κ3) is 4.61. The van der Waals surface area contributed by atoms with Crippen LogP contribution in [0.4, 0.5) is 5.82 Å². The predicted octanol–water partition coefficient (Wildman–Crippen LogP) is 4.12. The normalized spacial score (nSPS) is 20.6. The number of rotatable bonds is 7. The number of nitrogens with two attached hydrogens (primary N) is 1. The number of fused-ring (bicyclic) bond motifs is 1. The Hall–Kier alpha value is -3.42. The van der Waals surface area contributed by atoms with E-state index in [2.05, 4.69) is 55.2 Å². The molecule has 1 saturated carbocycles. The van der Waals surface area contributed by atoms with E-state index in [9.17, 15) is 0 Å². The summed E-state index contributed by atoms with van der Waals surface area (Å²) in [5.41, 5.74) is 10.6. The molecule has 0 unspecified atom stereocenters. The molecule has 2 aromatic carbocycles. The van der Waals surface area contributed by atoms with Crippen molar-refractivity contribution in [3.63, 3.8) is 0 Å². The molecule has 180 valence electrons. The quantitative estimate of drug-likeness (QED) is 0.425. The summed E-state index contributed by atoms with van der Waals surface area (Å²) >= 11 is 0. The summed E-state index contributed by atoms with van der Waals surface area (Å²) in [5, 5.41) is 4.37. The monoisotopic (exact) mass is 468 g/mol. The number of anilines is 1. The van der Waals surface area contributed by atoms with Crippen LogP contribution < -0.4 is 15.8 Å². The van der Waals surface area contributed by atoms with Crippen molar-refractivity contribution < 1.29 is 4.74 Å². The maximum Gasteiger partial charge on any atom is 0.146 e. The second-order valence-corrected chi connectivity index (χ2v) is 9.75. The highest BCUT2D eigenvalue weighted by Crippen LogP contribution is 2.43. The molecular weight excluding hydrogens is 436 g/mol. The standard InChI is InChI=1S/C28H32N6O/c29-27-26-25(22-7-4-8-24(15-22)35-18-20-5-2-1-3-6-20)17-34(28(26)32-19-31-27)23-13-21(14-23)16-33-11-9-30-10-12-33/h1-8,15,17,19,21,23,30H,9-14,16,18H2,(H2,29,31,32). The van der Waals surface area contributed by atoms with Gasteiger partial charge in [-0.05, 0) is 42.0 Å². The Balaban J connectivity index is 1.23. The summed E-state index contributed by atoms with van der Waals surface area (Å²) in [6.45, 7) is 6.25. The number of hydrogen-bond donors (Lipinski definition) is 2. The molecule has 35 heavy (non-hydrogen) atoms. The molecule has 0 atom stereocenters. The Morgan fingerprint density at radius 1 is 1.00 bits per heavy atom. The van der Waals surface area contributed by atoms with Crippen LogP contribution in [0.25, 0.3) is 22.2 Å². The topological polar surface area (TPSA) is 81.2 Å². The summed E-state index contributed by atoms with van der Waals surface area (Å²) in [7, 11) is 0. The lowest BCUT2D eigenvalue weighted by Crippen LogP contribution is -2.47. The summed E-state index contributed by atoms with van der Waals surface area (Å²) in [6, 6.07) is 18.9. The highest BCUT2D eigenvalue weighted by molar-refractivity contribution is 6.00. The average Bonchev–Trinajstić information content (AvgIpc) is 3.27. The SMILES string of the molecule is Nc1ncnc2c1c(-c1cccc(OCc3ccccc3)c1)cn2C1CC(CN2CCNCC2)C1. The van der Waals surface area contributed by atoms with Gasteiger partial charge in [0.1, 0.15) is 30.1 Å². The van der Waals surface area contributed by atoms with Gasteiger partial charge < -0.3 is 25.3 Å². The molecule has 2 fully saturated rings. The number of nitrogen functional groups attached to an aromatic ring is 1. The molecule has 0 spiro atoms. The van der Waals surface area contributed by atoms with Crippen molar-refractivity contribution >= 4 is 16.9 Å². The highest BCUT2D eigenvalue weighted by atomic mass is 16.5. The van der Waals surface area contributed by atoms with Gasteiger partial charge in [-0.25, -0.2) is 9.97 Å². The fourth-order valence-corrected chi connectivity index (χ4v) is 5.44. The van der Waals surface area contributed by atoms with Gasteiger partial charge in [0.2, 0.25) is 0 Å². The van der Waals surface area contributed by atoms with Crippen molar-refractivity contribution in [2.75, 3.05) is 38.5 Å². The maximum atomic E-state index is 6.38. The molecule has 1 saturated heterocycles. The molecule has 0 amide bonds. The van der Waals surface area contributed by atoms with Crippen LogP contribution in [0, 0.1) is 5.92 Å². The van der Waals surface area contributed by atoms with Crippen molar-refractivity contribution in [3.05, 3.63) is 72.7 Å². The zero-order chi connectivity index (χ0) is 23.6. The average molecular weight is 469 g/mol. The zero-order valence-corrected chi connectivity index (χ0v) is 19.9. The molecule has 0 radical (unpaired) electrons. The Morgan fingerprint density at radius 3 is 2.66 bits per heavy atom. The van der Waals surface area contributed by atoms with Crippen molar-refractivity contribution in [1.29, 1.82) is 0 Å². The van der Waals surface area contributed by atoms with Gasteiger partial charge in [-0.15, -0.1) is 0 Å². The van der Waals surface area contributed by atoms with Gasteiger partial charge in [-0.1, -0.05) is 42.5 Å². The lowest BCUT2D eigenvalue weighted by Gasteiger charge is -2.40. The van der Waals surface area contributed by atoms with Gasteiger partial charge in [0, 0.05) is 50.5 Å². The predicted molar refractivity (Wildman–Crippen MR) is 139 cm³/mol. The fraction of sp³-hybridized carbons (Fsp3) is 0.357. The first-order valence-electron chi connectivity index (χ1n) is 12.6. The van der Waals surface area contributed by atoms with Gasteiger partial charge in [0.15, 0.2) is 0 Å². The molecule has 4 aromatic rings. The minimum absolute atomic E-state index is 0.450. The number of nitrogens with one attached hydrogen (secondary N) is 1. The number of nitrogens with zero attached hydrogens (tertiary/aromatic N) is 4. The van der Waals surface area contributed by atoms with Gasteiger partial charge in [-0.2, -0.15) is 0 Å². The van der Waals surface area contributed by atoms with Gasteiger partial charge in [-0.3, -0.25) is 0 Å². The van der Waals surface area contributed by atoms with E-state index in [1.165, 1.54) is 19.4 Å². The van der Waals surface area contributed by atoms with Crippen LogP contribution in [0.15, 0.2) is 67.1 Å². The summed E-state index contributed by atoms with van der Waals surface area (Å²) < 4.78 is 8.42. The Kier molecular flexibility index (Phi) is 6.10. The number of hydrogen-bond acceptors (Lipinski definition) is 6. The van der Waals surface area contributed by atoms with Gasteiger partial charge in [0.05, 0.1) is 5.39 Å². The van der Waals surface area contributed by atoms with Crippen LogP contribution in [-0.2, 0) is 6.61 Å². The first kappa shape index (κ1) is 22.1. The molecule has 2 aliphatic rings. The highest BCUT2D eigenvalue weighted by Gasteiger charge is 2.33. The summed E-state index contributed by atoms with van der Waals surface area (Å²) in [6.07, 6.45) is 6.15. The van der Waals surface area contributed by atoms with Gasteiger partial charge in [0.25, 0.3) is 0 Å². The third-order valence-electron chi connectivity index (χ3n) is 7.36. The lowest BCUT2D eigenvalue weighted by atomic mass is 9.79. The molecule has 7 heteroatoms. The van der Waals surface area contributed by atoms with E-state index in [0.29, 0.717) is 18.5 Å². The second kappa shape index (κ2) is 9.68. The lowest BCUT2D eigenvalue weighted by molar-refractivity contribution is 0.122. The first-order chi connectivity index (χ1) is 17.2. The molecular formula is C28H32N6O. The van der Waals surface area contributed by atoms with E-state index >= 15 is 0 Å². The number of piperazine rings is 1. The summed E-state index contributed by atoms with van der Waals surface area (Å²) in [5.74, 6) is 2.10. The minimum atomic E-state index is 0.450. The number of benzene rings is 2. The van der Waals surface area contributed by atoms with Crippen LogP contribution in [0.2, 0.25) is 0 Å². The Bertz CT molecular complexity index is 1290. The molecule has 7 nitrogen and oxygen atoms in total. The zero-order valence-electron chi connectivity index (χ0n) is 19.9. The van der Waals surface area contributed by atoms with E-state index in [4.69, 9.17) is 10.5 Å². The summed E-state index contributed by atoms with van der Waals surface area (Å²) in [4.78, 5) is 11.6.